The fourth-order valence-corrected chi connectivity index (χ4v) is 6.84. The average Bonchev–Trinajstić information content (AvgIpc) is 2.90. The Labute approximate surface area is 167 Å². The lowest BCUT2D eigenvalue weighted by Gasteiger charge is -2.52. The maximum absolute atomic E-state index is 13.0. The van der Waals surface area contributed by atoms with E-state index < -0.39 is 5.97 Å². The van der Waals surface area contributed by atoms with Crippen molar-refractivity contribution in [1.29, 1.82) is 0 Å². The van der Waals surface area contributed by atoms with Gasteiger partial charge in [0.25, 0.3) is 0 Å². The highest BCUT2D eigenvalue weighted by Crippen LogP contribution is 2.65. The van der Waals surface area contributed by atoms with Crippen LogP contribution in [-0.4, -0.2) is 24.1 Å². The first-order valence-corrected chi connectivity index (χ1v) is 10.5. The number of Topliss-reactive ketones (excluding diaryl/α,β-unsaturated/α-hetero) is 1. The molecule has 6 atom stereocenters. The number of carbonyl (C=O) groups excluding carboxylic acids is 3. The van der Waals surface area contributed by atoms with Gasteiger partial charge in [-0.05, 0) is 67.9 Å². The van der Waals surface area contributed by atoms with E-state index in [0.717, 1.165) is 25.7 Å². The van der Waals surface area contributed by atoms with Gasteiger partial charge in [-0.2, -0.15) is 0 Å². The minimum atomic E-state index is -0.398. The molecule has 0 N–H and O–H groups in total. The highest BCUT2D eigenvalue weighted by atomic mass is 16.5. The molecule has 4 rings (SSSR count). The van der Waals surface area contributed by atoms with Crippen LogP contribution in [0.5, 0.6) is 0 Å². The summed E-state index contributed by atoms with van der Waals surface area (Å²) in [5.74, 6) is 0.894. The van der Waals surface area contributed by atoms with E-state index in [-0.39, 0.29) is 34.9 Å². The van der Waals surface area contributed by atoms with Crippen molar-refractivity contribution >= 4 is 17.5 Å². The lowest BCUT2D eigenvalue weighted by atomic mass is 9.52. The molecule has 0 aromatic rings. The third-order valence-corrected chi connectivity index (χ3v) is 8.05. The van der Waals surface area contributed by atoms with E-state index in [2.05, 4.69) is 32.9 Å². The molecule has 0 radical (unpaired) electrons. The minimum absolute atomic E-state index is 0.0651. The SMILES string of the molecule is CC(=O)OCC(=O)C1C(C)CC2C3CCC4=CC(=O)C=C[C@]4(C)C3=CC[C@@]21C. The molecule has 4 nitrogen and oxygen atoms in total. The summed E-state index contributed by atoms with van der Waals surface area (Å²) in [5.41, 5.74) is 2.44. The predicted molar refractivity (Wildman–Crippen MR) is 106 cm³/mol. The van der Waals surface area contributed by atoms with Gasteiger partial charge >= 0.3 is 5.97 Å². The quantitative estimate of drug-likeness (QED) is 0.542. The van der Waals surface area contributed by atoms with Crippen LogP contribution >= 0.6 is 0 Å². The Morgan fingerprint density at radius 1 is 1.29 bits per heavy atom. The maximum Gasteiger partial charge on any atom is 0.303 e. The molecule has 0 saturated heterocycles. The Bertz CT molecular complexity index is 832. The fourth-order valence-electron chi connectivity index (χ4n) is 6.84. The first-order chi connectivity index (χ1) is 13.2. The van der Waals surface area contributed by atoms with Crippen LogP contribution in [0.15, 0.2) is 35.5 Å². The zero-order valence-corrected chi connectivity index (χ0v) is 17.3. The second-order valence-corrected chi connectivity index (χ2v) is 9.67. The van der Waals surface area contributed by atoms with E-state index in [0.29, 0.717) is 17.8 Å². The molecule has 2 saturated carbocycles. The first-order valence-electron chi connectivity index (χ1n) is 10.5. The van der Waals surface area contributed by atoms with Gasteiger partial charge < -0.3 is 4.74 Å². The van der Waals surface area contributed by atoms with E-state index in [9.17, 15) is 14.4 Å². The van der Waals surface area contributed by atoms with E-state index in [1.807, 2.05) is 6.08 Å². The summed E-state index contributed by atoms with van der Waals surface area (Å²) < 4.78 is 5.04. The molecule has 28 heavy (non-hydrogen) atoms. The van der Waals surface area contributed by atoms with Crippen molar-refractivity contribution < 1.29 is 19.1 Å². The molecular weight excluding hydrogens is 352 g/mol. The van der Waals surface area contributed by atoms with Crippen LogP contribution in [0.2, 0.25) is 0 Å². The number of fused-ring (bicyclic) bond motifs is 5. The van der Waals surface area contributed by atoms with Crippen LogP contribution in [0.1, 0.15) is 53.4 Å². The number of carbonyl (C=O) groups is 3. The third kappa shape index (κ3) is 2.75. The van der Waals surface area contributed by atoms with Gasteiger partial charge in [0.2, 0.25) is 0 Å². The molecule has 2 fully saturated rings. The molecular formula is C24H30O4. The molecule has 0 bridgehead atoms. The molecule has 4 aliphatic carbocycles. The zero-order chi connectivity index (χ0) is 20.3. The molecule has 0 spiro atoms. The molecule has 150 valence electrons. The van der Waals surface area contributed by atoms with Crippen LogP contribution in [0.4, 0.5) is 0 Å². The molecule has 4 heteroatoms. The normalized spacial score (nSPS) is 41.4. The number of esters is 1. The predicted octanol–water partition coefficient (Wildman–Crippen LogP) is 4.21. The Kier molecular flexibility index (Phi) is 4.52. The summed E-state index contributed by atoms with van der Waals surface area (Å²) in [6, 6.07) is 0. The Hall–Kier alpha value is -1.97. The van der Waals surface area contributed by atoms with Crippen molar-refractivity contribution in [2.45, 2.75) is 53.4 Å². The summed E-state index contributed by atoms with van der Waals surface area (Å²) in [7, 11) is 0. The van der Waals surface area contributed by atoms with Crippen LogP contribution in [0, 0.1) is 34.5 Å². The Morgan fingerprint density at radius 3 is 2.75 bits per heavy atom. The minimum Gasteiger partial charge on any atom is -0.458 e. The third-order valence-electron chi connectivity index (χ3n) is 8.05. The van der Waals surface area contributed by atoms with Crippen molar-refractivity contribution in [3.05, 3.63) is 35.5 Å². The van der Waals surface area contributed by atoms with Crippen LogP contribution in [0.25, 0.3) is 0 Å². The van der Waals surface area contributed by atoms with Crippen molar-refractivity contribution in [2.24, 2.45) is 34.5 Å². The summed E-state index contributed by atoms with van der Waals surface area (Å²) in [5, 5.41) is 0. The number of ether oxygens (including phenoxy) is 1. The van der Waals surface area contributed by atoms with E-state index in [4.69, 9.17) is 4.74 Å². The fraction of sp³-hybridized carbons (Fsp3) is 0.625. The number of allylic oxidation sites excluding steroid dienone is 6. The molecule has 0 heterocycles. The molecule has 0 amide bonds. The van der Waals surface area contributed by atoms with Crippen molar-refractivity contribution in [1.82, 2.24) is 0 Å². The first kappa shape index (κ1) is 19.4. The summed E-state index contributed by atoms with van der Waals surface area (Å²) in [4.78, 5) is 36.0. The highest BCUT2D eigenvalue weighted by Gasteiger charge is 2.59. The second-order valence-electron chi connectivity index (χ2n) is 9.67. The Morgan fingerprint density at radius 2 is 2.04 bits per heavy atom. The standard InChI is InChI=1S/C24H30O4/c1-14-11-20-18-6-5-16-12-17(26)7-9-23(16,3)19(18)8-10-24(20,4)22(14)21(27)13-28-15(2)25/h7-9,12,14,18,20,22H,5-6,10-11,13H2,1-4H3/t14?,18?,20?,22?,23-,24-/m0/s1. The van der Waals surface area contributed by atoms with Gasteiger partial charge in [0, 0.05) is 18.3 Å². The molecule has 4 aliphatic rings. The largest absolute Gasteiger partial charge is 0.458 e. The average molecular weight is 383 g/mol. The van der Waals surface area contributed by atoms with Crippen LogP contribution < -0.4 is 0 Å². The van der Waals surface area contributed by atoms with Crippen LogP contribution in [-0.2, 0) is 19.1 Å². The van der Waals surface area contributed by atoms with Gasteiger partial charge in [0.15, 0.2) is 11.6 Å². The van der Waals surface area contributed by atoms with Crippen molar-refractivity contribution in [3.63, 3.8) is 0 Å². The topological polar surface area (TPSA) is 60.4 Å². The second kappa shape index (κ2) is 6.53. The van der Waals surface area contributed by atoms with Gasteiger partial charge in [-0.1, -0.05) is 37.1 Å². The lowest BCUT2D eigenvalue weighted by Crippen LogP contribution is -2.45. The van der Waals surface area contributed by atoms with Gasteiger partial charge in [0.05, 0.1) is 0 Å². The summed E-state index contributed by atoms with van der Waals surface area (Å²) in [6.45, 7) is 7.92. The summed E-state index contributed by atoms with van der Waals surface area (Å²) in [6.07, 6.45) is 11.9. The molecule has 0 aromatic heterocycles. The van der Waals surface area contributed by atoms with Gasteiger partial charge in [-0.25, -0.2) is 0 Å². The van der Waals surface area contributed by atoms with E-state index in [1.165, 1.54) is 18.1 Å². The molecule has 4 unspecified atom stereocenters. The maximum atomic E-state index is 13.0. The van der Waals surface area contributed by atoms with Crippen molar-refractivity contribution in [2.75, 3.05) is 6.61 Å². The number of ketones is 2. The monoisotopic (exact) mass is 382 g/mol. The van der Waals surface area contributed by atoms with Gasteiger partial charge in [0.1, 0.15) is 6.61 Å². The van der Waals surface area contributed by atoms with Gasteiger partial charge in [-0.15, -0.1) is 0 Å². The molecule has 0 aromatic carbocycles. The zero-order valence-electron chi connectivity index (χ0n) is 17.3. The van der Waals surface area contributed by atoms with Gasteiger partial charge in [-0.3, -0.25) is 14.4 Å². The molecule has 0 aliphatic heterocycles. The number of hydrogen-bond acceptors (Lipinski definition) is 4. The summed E-state index contributed by atoms with van der Waals surface area (Å²) >= 11 is 0. The number of hydrogen-bond donors (Lipinski definition) is 0. The number of rotatable bonds is 3. The lowest BCUT2D eigenvalue weighted by molar-refractivity contribution is -0.148. The van der Waals surface area contributed by atoms with Crippen LogP contribution in [0.3, 0.4) is 0 Å². The van der Waals surface area contributed by atoms with E-state index in [1.54, 1.807) is 6.08 Å². The van der Waals surface area contributed by atoms with E-state index >= 15 is 0 Å². The van der Waals surface area contributed by atoms with Crippen molar-refractivity contribution in [3.8, 4) is 0 Å². The highest BCUT2D eigenvalue weighted by molar-refractivity contribution is 6.01. The smallest absolute Gasteiger partial charge is 0.303 e. The Balaban J connectivity index is 1.66.